The molecule has 0 bridgehead atoms. The van der Waals surface area contributed by atoms with Gasteiger partial charge in [0, 0.05) is 24.8 Å². The molecule has 0 aliphatic rings. The lowest BCUT2D eigenvalue weighted by atomic mass is 10.2. The number of benzene rings is 2. The van der Waals surface area contributed by atoms with Crippen LogP contribution in [0.2, 0.25) is 5.02 Å². The molecule has 0 N–H and O–H groups in total. The van der Waals surface area contributed by atoms with Gasteiger partial charge in [0.2, 0.25) is 0 Å². The standard InChI is InChI=1S/C18H15ClFN3O/c1-22(12-13-5-4-6-14(19)11-13)18(24)16-9-10-23(21-16)17-8-3-2-7-15(17)20/h2-11H,12H2,1H3. The van der Waals surface area contributed by atoms with E-state index in [-0.39, 0.29) is 11.6 Å². The van der Waals surface area contributed by atoms with Gasteiger partial charge in [0.1, 0.15) is 11.5 Å². The topological polar surface area (TPSA) is 38.1 Å². The van der Waals surface area contributed by atoms with E-state index in [1.807, 2.05) is 18.2 Å². The van der Waals surface area contributed by atoms with Crippen molar-refractivity contribution in [1.82, 2.24) is 14.7 Å². The molecule has 0 radical (unpaired) electrons. The van der Waals surface area contributed by atoms with Gasteiger partial charge in [-0.15, -0.1) is 0 Å². The molecule has 1 heterocycles. The number of carbonyl (C=O) groups is 1. The van der Waals surface area contributed by atoms with Crippen LogP contribution in [0.4, 0.5) is 4.39 Å². The van der Waals surface area contributed by atoms with E-state index >= 15 is 0 Å². The van der Waals surface area contributed by atoms with Gasteiger partial charge in [-0.1, -0.05) is 35.9 Å². The lowest BCUT2D eigenvalue weighted by Gasteiger charge is -2.16. The van der Waals surface area contributed by atoms with Crippen molar-refractivity contribution in [2.45, 2.75) is 6.54 Å². The van der Waals surface area contributed by atoms with Crippen LogP contribution in [0.5, 0.6) is 0 Å². The first-order valence-corrected chi connectivity index (χ1v) is 7.73. The Kier molecular flexibility index (Phi) is 4.62. The summed E-state index contributed by atoms with van der Waals surface area (Å²) in [6.07, 6.45) is 1.57. The van der Waals surface area contributed by atoms with Crippen molar-refractivity contribution in [1.29, 1.82) is 0 Å². The highest BCUT2D eigenvalue weighted by molar-refractivity contribution is 6.30. The molecule has 1 amide bonds. The van der Waals surface area contributed by atoms with E-state index in [2.05, 4.69) is 5.10 Å². The summed E-state index contributed by atoms with van der Waals surface area (Å²) in [6, 6.07) is 15.2. The molecule has 0 unspecified atom stereocenters. The zero-order chi connectivity index (χ0) is 17.1. The minimum atomic E-state index is -0.396. The predicted molar refractivity (Wildman–Crippen MR) is 90.8 cm³/mol. The van der Waals surface area contributed by atoms with Crippen LogP contribution in [0.25, 0.3) is 5.69 Å². The Morgan fingerprint density at radius 1 is 1.21 bits per heavy atom. The normalized spacial score (nSPS) is 10.6. The van der Waals surface area contributed by atoms with Gasteiger partial charge in [-0.05, 0) is 35.9 Å². The van der Waals surface area contributed by atoms with E-state index < -0.39 is 5.82 Å². The molecule has 0 saturated carbocycles. The summed E-state index contributed by atoms with van der Waals surface area (Å²) in [5.74, 6) is -0.642. The predicted octanol–water partition coefficient (Wildman–Crippen LogP) is 3.94. The molecule has 4 nitrogen and oxygen atoms in total. The van der Waals surface area contributed by atoms with Gasteiger partial charge in [0.05, 0.1) is 0 Å². The van der Waals surface area contributed by atoms with Crippen LogP contribution in [0.1, 0.15) is 16.1 Å². The molecule has 0 aliphatic heterocycles. The van der Waals surface area contributed by atoms with Gasteiger partial charge in [-0.2, -0.15) is 5.10 Å². The van der Waals surface area contributed by atoms with Crippen molar-refractivity contribution in [3.8, 4) is 5.69 Å². The Morgan fingerprint density at radius 2 is 2.00 bits per heavy atom. The molecule has 0 fully saturated rings. The Morgan fingerprint density at radius 3 is 2.75 bits per heavy atom. The minimum Gasteiger partial charge on any atom is -0.336 e. The number of nitrogens with zero attached hydrogens (tertiary/aromatic N) is 3. The number of hydrogen-bond acceptors (Lipinski definition) is 2. The van der Waals surface area contributed by atoms with Gasteiger partial charge in [-0.3, -0.25) is 4.79 Å². The van der Waals surface area contributed by atoms with Crippen molar-refractivity contribution in [2.24, 2.45) is 0 Å². The number of hydrogen-bond donors (Lipinski definition) is 0. The number of aromatic nitrogens is 2. The Balaban J connectivity index is 1.77. The summed E-state index contributed by atoms with van der Waals surface area (Å²) in [6.45, 7) is 0.409. The molecule has 122 valence electrons. The van der Waals surface area contributed by atoms with Crippen LogP contribution in [0.15, 0.2) is 60.8 Å². The molecule has 1 aromatic heterocycles. The van der Waals surface area contributed by atoms with Crippen molar-refractivity contribution < 1.29 is 9.18 Å². The summed E-state index contributed by atoms with van der Waals surface area (Å²) in [7, 11) is 1.69. The second-order valence-corrected chi connectivity index (χ2v) is 5.82. The first kappa shape index (κ1) is 16.2. The molecule has 0 atom stereocenters. The molecule has 3 rings (SSSR count). The summed E-state index contributed by atoms with van der Waals surface area (Å²) >= 11 is 5.96. The largest absolute Gasteiger partial charge is 0.336 e. The van der Waals surface area contributed by atoms with E-state index in [1.54, 1.807) is 48.5 Å². The molecule has 24 heavy (non-hydrogen) atoms. The van der Waals surface area contributed by atoms with Gasteiger partial charge >= 0.3 is 0 Å². The first-order valence-electron chi connectivity index (χ1n) is 7.35. The summed E-state index contributed by atoms with van der Waals surface area (Å²) < 4.78 is 15.2. The van der Waals surface area contributed by atoms with Gasteiger partial charge < -0.3 is 4.90 Å². The maximum Gasteiger partial charge on any atom is 0.274 e. The molecule has 0 aliphatic carbocycles. The second-order valence-electron chi connectivity index (χ2n) is 5.39. The fourth-order valence-electron chi connectivity index (χ4n) is 2.39. The van der Waals surface area contributed by atoms with Gasteiger partial charge in [-0.25, -0.2) is 9.07 Å². The van der Waals surface area contributed by atoms with Crippen LogP contribution in [-0.2, 0) is 6.54 Å². The van der Waals surface area contributed by atoms with Crippen molar-refractivity contribution in [2.75, 3.05) is 7.05 Å². The third-order valence-corrected chi connectivity index (χ3v) is 3.80. The van der Waals surface area contributed by atoms with Gasteiger partial charge in [0.25, 0.3) is 5.91 Å². The van der Waals surface area contributed by atoms with E-state index in [0.29, 0.717) is 17.3 Å². The van der Waals surface area contributed by atoms with Crippen molar-refractivity contribution >= 4 is 17.5 Å². The first-order chi connectivity index (χ1) is 11.5. The molecule has 6 heteroatoms. The van der Waals surface area contributed by atoms with E-state index in [1.165, 1.54) is 10.7 Å². The van der Waals surface area contributed by atoms with Crippen LogP contribution >= 0.6 is 11.6 Å². The number of rotatable bonds is 4. The van der Waals surface area contributed by atoms with Crippen LogP contribution in [-0.4, -0.2) is 27.6 Å². The lowest BCUT2D eigenvalue weighted by Crippen LogP contribution is -2.26. The zero-order valence-corrected chi connectivity index (χ0v) is 13.7. The Hall–Kier alpha value is -2.66. The van der Waals surface area contributed by atoms with Crippen LogP contribution < -0.4 is 0 Å². The third kappa shape index (κ3) is 3.46. The fraction of sp³-hybridized carbons (Fsp3) is 0.111. The Bertz CT molecular complexity index is 878. The summed E-state index contributed by atoms with van der Waals surface area (Å²) in [5.41, 5.74) is 1.48. The highest BCUT2D eigenvalue weighted by atomic mass is 35.5. The average molecular weight is 344 g/mol. The average Bonchev–Trinajstić information content (AvgIpc) is 3.04. The molecule has 0 spiro atoms. The van der Waals surface area contributed by atoms with Crippen molar-refractivity contribution in [3.05, 3.63) is 82.9 Å². The van der Waals surface area contributed by atoms with E-state index in [0.717, 1.165) is 5.56 Å². The van der Waals surface area contributed by atoms with Crippen molar-refractivity contribution in [3.63, 3.8) is 0 Å². The summed E-state index contributed by atoms with van der Waals surface area (Å²) in [5, 5.41) is 4.80. The maximum absolute atomic E-state index is 13.8. The number of para-hydroxylation sites is 1. The molecule has 3 aromatic rings. The fourth-order valence-corrected chi connectivity index (χ4v) is 2.60. The maximum atomic E-state index is 13.8. The SMILES string of the molecule is CN(Cc1cccc(Cl)c1)C(=O)c1ccn(-c2ccccc2F)n1. The summed E-state index contributed by atoms with van der Waals surface area (Å²) in [4.78, 5) is 14.0. The lowest BCUT2D eigenvalue weighted by molar-refractivity contribution is 0.0779. The minimum absolute atomic E-state index is 0.245. The number of halogens is 2. The Labute approximate surface area is 144 Å². The van der Waals surface area contributed by atoms with Crippen LogP contribution in [0, 0.1) is 5.82 Å². The quantitative estimate of drug-likeness (QED) is 0.719. The zero-order valence-electron chi connectivity index (χ0n) is 13.0. The molecule has 0 saturated heterocycles. The van der Waals surface area contributed by atoms with E-state index in [9.17, 15) is 9.18 Å². The molecular weight excluding hydrogens is 329 g/mol. The third-order valence-electron chi connectivity index (χ3n) is 3.56. The number of carbonyl (C=O) groups excluding carboxylic acids is 1. The smallest absolute Gasteiger partial charge is 0.274 e. The van der Waals surface area contributed by atoms with Crippen LogP contribution in [0.3, 0.4) is 0 Å². The number of amides is 1. The highest BCUT2D eigenvalue weighted by Gasteiger charge is 2.16. The highest BCUT2D eigenvalue weighted by Crippen LogP contribution is 2.15. The van der Waals surface area contributed by atoms with E-state index in [4.69, 9.17) is 11.6 Å². The second kappa shape index (κ2) is 6.84. The molecule has 2 aromatic carbocycles. The monoisotopic (exact) mass is 343 g/mol. The van der Waals surface area contributed by atoms with Gasteiger partial charge in [0.15, 0.2) is 5.69 Å². The molecular formula is C18H15ClFN3O.